The summed E-state index contributed by atoms with van der Waals surface area (Å²) in [6.07, 6.45) is 1.51. The van der Waals surface area contributed by atoms with E-state index in [1.54, 1.807) is 36.4 Å². The number of ether oxygens (including phenoxy) is 2. The van der Waals surface area contributed by atoms with Gasteiger partial charge in [0.15, 0.2) is 12.3 Å². The lowest BCUT2D eigenvalue weighted by molar-refractivity contribution is -0.129. The Balaban J connectivity index is 1.89. The number of aliphatic imine (C=N–C) groups is 1. The summed E-state index contributed by atoms with van der Waals surface area (Å²) in [6.45, 7) is -0.0718. The smallest absolute Gasteiger partial charge is 0.363 e. The highest BCUT2D eigenvalue weighted by Gasteiger charge is 2.25. The van der Waals surface area contributed by atoms with E-state index in [0.717, 1.165) is 0 Å². The second-order valence-corrected chi connectivity index (χ2v) is 4.84. The molecule has 2 aromatic rings. The largest absolute Gasteiger partial charge is 0.479 e. The van der Waals surface area contributed by atoms with E-state index in [4.69, 9.17) is 14.7 Å². The highest BCUT2D eigenvalue weighted by atomic mass is 19.1. The van der Waals surface area contributed by atoms with Crippen molar-refractivity contribution >= 4 is 17.9 Å². The van der Waals surface area contributed by atoms with E-state index in [1.807, 2.05) is 6.07 Å². The maximum absolute atomic E-state index is 13.8. The van der Waals surface area contributed by atoms with Crippen LogP contribution < -0.4 is 4.74 Å². The summed E-state index contributed by atoms with van der Waals surface area (Å²) in [5.74, 6) is -0.745. The fourth-order valence-corrected chi connectivity index (χ4v) is 2.13. The van der Waals surface area contributed by atoms with E-state index in [-0.39, 0.29) is 23.8 Å². The molecule has 24 heavy (non-hydrogen) atoms. The number of cyclic esters (lactones) is 1. The van der Waals surface area contributed by atoms with E-state index in [9.17, 15) is 9.18 Å². The Morgan fingerprint density at radius 1 is 1.25 bits per heavy atom. The number of halogens is 1. The molecule has 0 saturated carbocycles. The van der Waals surface area contributed by atoms with Gasteiger partial charge in [0.05, 0.1) is 5.56 Å². The Hall–Kier alpha value is -3.46. The fraction of sp³-hybridized carbons (Fsp3) is 0.0556. The summed E-state index contributed by atoms with van der Waals surface area (Å²) in [4.78, 5) is 16.0. The minimum absolute atomic E-state index is 0.0608. The molecule has 0 amide bonds. The average molecular weight is 322 g/mol. The molecule has 0 unspecified atom stereocenters. The summed E-state index contributed by atoms with van der Waals surface area (Å²) >= 11 is 0. The first-order chi connectivity index (χ1) is 11.7. The predicted molar refractivity (Wildman–Crippen MR) is 84.6 cm³/mol. The van der Waals surface area contributed by atoms with Gasteiger partial charge in [0.2, 0.25) is 5.90 Å². The van der Waals surface area contributed by atoms with E-state index in [1.165, 1.54) is 18.2 Å². The van der Waals surface area contributed by atoms with Gasteiger partial charge >= 0.3 is 5.97 Å². The van der Waals surface area contributed by atoms with Crippen LogP contribution in [0.3, 0.4) is 0 Å². The van der Waals surface area contributed by atoms with Crippen molar-refractivity contribution in [2.45, 2.75) is 0 Å². The summed E-state index contributed by atoms with van der Waals surface area (Å²) in [7, 11) is 0. The van der Waals surface area contributed by atoms with Crippen LogP contribution in [0.4, 0.5) is 4.39 Å². The molecular weight excluding hydrogens is 311 g/mol. The molecule has 0 radical (unpaired) electrons. The van der Waals surface area contributed by atoms with Crippen molar-refractivity contribution in [1.82, 2.24) is 0 Å². The van der Waals surface area contributed by atoms with Gasteiger partial charge in [-0.15, -0.1) is 0 Å². The Labute approximate surface area is 137 Å². The van der Waals surface area contributed by atoms with E-state index in [2.05, 4.69) is 4.99 Å². The van der Waals surface area contributed by atoms with Gasteiger partial charge in [-0.3, -0.25) is 0 Å². The van der Waals surface area contributed by atoms with Gasteiger partial charge in [-0.05, 0) is 35.9 Å². The summed E-state index contributed by atoms with van der Waals surface area (Å²) in [6, 6.07) is 14.6. The van der Waals surface area contributed by atoms with Gasteiger partial charge in [0, 0.05) is 0 Å². The third-order valence-corrected chi connectivity index (χ3v) is 3.19. The zero-order chi connectivity index (χ0) is 16.9. The number of carbonyl (C=O) groups excluding carboxylic acids is 1. The molecule has 0 aromatic heterocycles. The van der Waals surface area contributed by atoms with Crippen molar-refractivity contribution < 1.29 is 18.7 Å². The third-order valence-electron chi connectivity index (χ3n) is 3.19. The zero-order valence-corrected chi connectivity index (χ0v) is 12.4. The first-order valence-corrected chi connectivity index (χ1v) is 7.04. The maximum atomic E-state index is 13.8. The molecule has 0 bridgehead atoms. The molecule has 1 heterocycles. The number of esters is 1. The molecular formula is C18H11FN2O3. The molecule has 1 aliphatic rings. The molecule has 0 fully saturated rings. The Morgan fingerprint density at radius 2 is 2.08 bits per heavy atom. The van der Waals surface area contributed by atoms with Crippen LogP contribution in [0.15, 0.2) is 59.2 Å². The molecule has 0 atom stereocenters. The molecule has 0 spiro atoms. The molecule has 118 valence electrons. The maximum Gasteiger partial charge on any atom is 0.363 e. The van der Waals surface area contributed by atoms with Crippen LogP contribution in [-0.4, -0.2) is 18.5 Å². The van der Waals surface area contributed by atoms with E-state index >= 15 is 0 Å². The number of benzene rings is 2. The number of hydrogen-bond acceptors (Lipinski definition) is 5. The molecule has 5 nitrogen and oxygen atoms in total. The summed E-state index contributed by atoms with van der Waals surface area (Å²) in [5, 5.41) is 8.52. The van der Waals surface area contributed by atoms with Gasteiger partial charge in [-0.1, -0.05) is 24.3 Å². The van der Waals surface area contributed by atoms with Gasteiger partial charge in [-0.2, -0.15) is 5.26 Å². The molecule has 2 aromatic carbocycles. The third kappa shape index (κ3) is 3.31. The number of rotatable bonds is 4. The van der Waals surface area contributed by atoms with Crippen LogP contribution in [0.2, 0.25) is 0 Å². The lowest BCUT2D eigenvalue weighted by Gasteiger charge is -2.02. The topological polar surface area (TPSA) is 71.7 Å². The van der Waals surface area contributed by atoms with Crippen molar-refractivity contribution in [2.75, 3.05) is 6.61 Å². The quantitative estimate of drug-likeness (QED) is 0.640. The normalized spacial score (nSPS) is 14.9. The average Bonchev–Trinajstić information content (AvgIpc) is 2.94. The fourth-order valence-electron chi connectivity index (χ4n) is 2.13. The second kappa shape index (κ2) is 6.75. The number of nitrogens with zero attached hydrogens (tertiary/aromatic N) is 2. The summed E-state index contributed by atoms with van der Waals surface area (Å²) < 4.78 is 24.0. The first kappa shape index (κ1) is 15.4. The van der Waals surface area contributed by atoms with Gasteiger partial charge in [-0.25, -0.2) is 14.2 Å². The van der Waals surface area contributed by atoms with Crippen LogP contribution in [0, 0.1) is 17.1 Å². The van der Waals surface area contributed by atoms with Crippen LogP contribution in [0.25, 0.3) is 6.08 Å². The van der Waals surface area contributed by atoms with Crippen molar-refractivity contribution in [3.8, 4) is 11.8 Å². The van der Waals surface area contributed by atoms with Crippen LogP contribution in [0.5, 0.6) is 5.75 Å². The molecule has 3 rings (SSSR count). The van der Waals surface area contributed by atoms with Crippen LogP contribution in [-0.2, 0) is 9.53 Å². The molecule has 0 aliphatic carbocycles. The van der Waals surface area contributed by atoms with Gasteiger partial charge < -0.3 is 9.47 Å². The van der Waals surface area contributed by atoms with E-state index in [0.29, 0.717) is 11.3 Å². The van der Waals surface area contributed by atoms with Crippen molar-refractivity contribution in [1.29, 1.82) is 5.26 Å². The van der Waals surface area contributed by atoms with E-state index < -0.39 is 11.8 Å². The molecule has 0 saturated heterocycles. The molecule has 1 aliphatic heterocycles. The van der Waals surface area contributed by atoms with Gasteiger partial charge in [0.25, 0.3) is 0 Å². The lowest BCUT2D eigenvalue weighted by Crippen LogP contribution is -2.07. The van der Waals surface area contributed by atoms with Crippen LogP contribution >= 0.6 is 0 Å². The minimum atomic E-state index is -0.656. The zero-order valence-electron chi connectivity index (χ0n) is 12.4. The van der Waals surface area contributed by atoms with Gasteiger partial charge in [0.1, 0.15) is 17.6 Å². The number of nitriles is 1. The minimum Gasteiger partial charge on any atom is -0.479 e. The number of hydrogen-bond donors (Lipinski definition) is 0. The SMILES string of the molecule is N#CCOc1cccc(/C=C2\N=C(c3ccccc3F)OC2=O)c1. The Kier molecular flexibility index (Phi) is 4.34. The highest BCUT2D eigenvalue weighted by molar-refractivity contribution is 6.12. The van der Waals surface area contributed by atoms with Crippen molar-refractivity contribution in [3.63, 3.8) is 0 Å². The highest BCUT2D eigenvalue weighted by Crippen LogP contribution is 2.22. The van der Waals surface area contributed by atoms with Crippen molar-refractivity contribution in [3.05, 3.63) is 71.2 Å². The predicted octanol–water partition coefficient (Wildman–Crippen LogP) is 3.07. The van der Waals surface area contributed by atoms with Crippen LogP contribution in [0.1, 0.15) is 11.1 Å². The Bertz CT molecular complexity index is 897. The Morgan fingerprint density at radius 3 is 2.88 bits per heavy atom. The summed E-state index contributed by atoms with van der Waals surface area (Å²) in [5.41, 5.74) is 0.835. The first-order valence-electron chi connectivity index (χ1n) is 7.04. The lowest BCUT2D eigenvalue weighted by atomic mass is 10.2. The molecule has 0 N–H and O–H groups in total. The molecule has 6 heteroatoms. The monoisotopic (exact) mass is 322 g/mol. The number of carbonyl (C=O) groups is 1. The second-order valence-electron chi connectivity index (χ2n) is 4.84. The standard InChI is InChI=1S/C18H11FN2O3/c19-15-7-2-1-6-14(15)17-21-16(18(22)24-17)11-12-4-3-5-13(10-12)23-9-8-20/h1-7,10-11H,9H2/b16-11-. The van der Waals surface area contributed by atoms with Crippen molar-refractivity contribution in [2.24, 2.45) is 4.99 Å².